The van der Waals surface area contributed by atoms with Crippen molar-refractivity contribution in [2.75, 3.05) is 18.0 Å². The van der Waals surface area contributed by atoms with Gasteiger partial charge >= 0.3 is 6.18 Å². The summed E-state index contributed by atoms with van der Waals surface area (Å²) in [6.07, 6.45) is -1.32. The molecule has 1 fully saturated rings. The minimum Gasteiger partial charge on any atom is -0.342 e. The van der Waals surface area contributed by atoms with Gasteiger partial charge in [0.2, 0.25) is 5.95 Å². The van der Waals surface area contributed by atoms with Crippen molar-refractivity contribution in [3.8, 4) is 0 Å². The standard InChI is InChI=1S/C27H25ClF3N3/c28-23-11-10-21(17-22(23)27(29,30)31)18-34-25-9-5-4-8-24(25)32-26(34)33-14-12-20(13-15-33)16-19-6-2-1-3-7-19/h1-11,17,20H,12-16,18H2. The molecular weight excluding hydrogens is 459 g/mol. The molecule has 1 aliphatic heterocycles. The van der Waals surface area contributed by atoms with Gasteiger partial charge in [0.25, 0.3) is 0 Å². The molecule has 3 nitrogen and oxygen atoms in total. The molecule has 1 aliphatic rings. The van der Waals surface area contributed by atoms with Crippen molar-refractivity contribution in [3.05, 3.63) is 94.5 Å². The zero-order valence-corrected chi connectivity index (χ0v) is 19.4. The second kappa shape index (κ2) is 9.34. The van der Waals surface area contributed by atoms with Gasteiger partial charge in [-0.2, -0.15) is 13.2 Å². The maximum absolute atomic E-state index is 13.4. The minimum atomic E-state index is -4.49. The number of nitrogens with zero attached hydrogens (tertiary/aromatic N) is 3. The zero-order chi connectivity index (χ0) is 23.7. The number of halogens is 4. The molecule has 1 saturated heterocycles. The predicted octanol–water partition coefficient (Wildman–Crippen LogP) is 7.22. The average molecular weight is 484 g/mol. The highest BCUT2D eigenvalue weighted by molar-refractivity contribution is 6.31. The van der Waals surface area contributed by atoms with E-state index in [9.17, 15) is 13.2 Å². The van der Waals surface area contributed by atoms with Crippen molar-refractivity contribution in [1.29, 1.82) is 0 Å². The Morgan fingerprint density at radius 3 is 2.32 bits per heavy atom. The van der Waals surface area contributed by atoms with Gasteiger partial charge in [-0.05, 0) is 60.6 Å². The molecule has 176 valence electrons. The summed E-state index contributed by atoms with van der Waals surface area (Å²) < 4.78 is 42.3. The highest BCUT2D eigenvalue weighted by Gasteiger charge is 2.33. The van der Waals surface area contributed by atoms with Crippen LogP contribution in [0.25, 0.3) is 11.0 Å². The van der Waals surface area contributed by atoms with Crippen molar-refractivity contribution < 1.29 is 13.2 Å². The third-order valence-corrected chi connectivity index (χ3v) is 6.91. The topological polar surface area (TPSA) is 21.1 Å². The number of benzene rings is 3. The van der Waals surface area contributed by atoms with Crippen LogP contribution in [0.15, 0.2) is 72.8 Å². The number of aromatic nitrogens is 2. The fourth-order valence-electron chi connectivity index (χ4n) is 4.82. The number of hydrogen-bond acceptors (Lipinski definition) is 2. The lowest BCUT2D eigenvalue weighted by atomic mass is 9.90. The molecule has 0 N–H and O–H groups in total. The highest BCUT2D eigenvalue weighted by Crippen LogP contribution is 2.36. The van der Waals surface area contributed by atoms with Gasteiger partial charge in [-0.1, -0.05) is 60.1 Å². The monoisotopic (exact) mass is 483 g/mol. The van der Waals surface area contributed by atoms with E-state index >= 15 is 0 Å². The number of hydrogen-bond donors (Lipinski definition) is 0. The van der Waals surface area contributed by atoms with E-state index in [1.54, 1.807) is 6.07 Å². The van der Waals surface area contributed by atoms with Crippen LogP contribution in [0.2, 0.25) is 5.02 Å². The lowest BCUT2D eigenvalue weighted by molar-refractivity contribution is -0.137. The number of imidazole rings is 1. The first-order valence-corrected chi connectivity index (χ1v) is 11.9. The summed E-state index contributed by atoms with van der Waals surface area (Å²) in [4.78, 5) is 7.14. The van der Waals surface area contributed by atoms with Crippen LogP contribution in [-0.4, -0.2) is 22.6 Å². The lowest BCUT2D eigenvalue weighted by Crippen LogP contribution is -2.36. The summed E-state index contributed by atoms with van der Waals surface area (Å²) in [6.45, 7) is 2.03. The van der Waals surface area contributed by atoms with Crippen LogP contribution in [0.4, 0.5) is 19.1 Å². The molecule has 0 spiro atoms. The second-order valence-electron chi connectivity index (χ2n) is 8.92. The minimum absolute atomic E-state index is 0.285. The molecule has 5 rings (SSSR count). The van der Waals surface area contributed by atoms with Crippen LogP contribution in [0.1, 0.15) is 29.5 Å². The van der Waals surface area contributed by atoms with Crippen LogP contribution < -0.4 is 4.90 Å². The van der Waals surface area contributed by atoms with E-state index < -0.39 is 11.7 Å². The van der Waals surface area contributed by atoms with Crippen LogP contribution in [0, 0.1) is 5.92 Å². The van der Waals surface area contributed by atoms with Crippen LogP contribution in [-0.2, 0) is 19.1 Å². The van der Waals surface area contributed by atoms with Gasteiger partial charge in [0, 0.05) is 13.1 Å². The first-order valence-electron chi connectivity index (χ1n) is 11.5. The van der Waals surface area contributed by atoms with E-state index in [1.807, 2.05) is 34.9 Å². The van der Waals surface area contributed by atoms with Gasteiger partial charge in [-0.25, -0.2) is 4.98 Å². The van der Waals surface area contributed by atoms with Crippen molar-refractivity contribution in [2.45, 2.75) is 32.0 Å². The molecule has 3 aromatic carbocycles. The summed E-state index contributed by atoms with van der Waals surface area (Å²) in [5, 5.41) is -0.285. The average Bonchev–Trinajstić information content (AvgIpc) is 3.19. The first-order chi connectivity index (χ1) is 16.4. The molecule has 0 aliphatic carbocycles. The fraction of sp³-hybridized carbons (Fsp3) is 0.296. The third-order valence-electron chi connectivity index (χ3n) is 6.58. The number of alkyl halides is 3. The molecule has 0 saturated carbocycles. The summed E-state index contributed by atoms with van der Waals surface area (Å²) >= 11 is 5.84. The molecule has 0 unspecified atom stereocenters. The smallest absolute Gasteiger partial charge is 0.342 e. The van der Waals surface area contributed by atoms with Crippen molar-refractivity contribution in [2.24, 2.45) is 5.92 Å². The van der Waals surface area contributed by atoms with E-state index in [1.165, 1.54) is 11.6 Å². The first kappa shape index (κ1) is 22.8. The number of anilines is 1. The van der Waals surface area contributed by atoms with Crippen molar-refractivity contribution in [3.63, 3.8) is 0 Å². The van der Waals surface area contributed by atoms with Crippen LogP contribution in [0.3, 0.4) is 0 Å². The summed E-state index contributed by atoms with van der Waals surface area (Å²) in [6, 6.07) is 22.4. The molecule has 1 aromatic heterocycles. The van der Waals surface area contributed by atoms with E-state index in [0.717, 1.165) is 55.4 Å². The van der Waals surface area contributed by atoms with Crippen LogP contribution in [0.5, 0.6) is 0 Å². The largest absolute Gasteiger partial charge is 0.417 e. The summed E-state index contributed by atoms with van der Waals surface area (Å²) in [7, 11) is 0. The van der Waals surface area contributed by atoms with Crippen molar-refractivity contribution >= 4 is 28.6 Å². The van der Waals surface area contributed by atoms with Gasteiger partial charge < -0.3 is 9.47 Å². The Bertz CT molecular complexity index is 1280. The maximum atomic E-state index is 13.4. The fourth-order valence-corrected chi connectivity index (χ4v) is 5.04. The Balaban J connectivity index is 1.40. The highest BCUT2D eigenvalue weighted by atomic mass is 35.5. The van der Waals surface area contributed by atoms with E-state index in [4.69, 9.17) is 16.6 Å². The Morgan fingerprint density at radius 2 is 1.59 bits per heavy atom. The second-order valence-corrected chi connectivity index (χ2v) is 9.33. The molecule has 4 aromatic rings. The van der Waals surface area contributed by atoms with Gasteiger partial charge in [0.05, 0.1) is 28.2 Å². The van der Waals surface area contributed by atoms with Gasteiger partial charge in [-0.3, -0.25) is 0 Å². The summed E-state index contributed by atoms with van der Waals surface area (Å²) in [5.74, 6) is 1.42. The maximum Gasteiger partial charge on any atom is 0.417 e. The molecule has 0 amide bonds. The number of rotatable bonds is 5. The third kappa shape index (κ3) is 4.78. The summed E-state index contributed by atoms with van der Waals surface area (Å²) in [5.41, 5.74) is 2.84. The molecule has 0 bridgehead atoms. The normalized spacial score (nSPS) is 15.2. The van der Waals surface area contributed by atoms with Gasteiger partial charge in [-0.15, -0.1) is 0 Å². The molecule has 7 heteroatoms. The van der Waals surface area contributed by atoms with Gasteiger partial charge in [0.1, 0.15) is 0 Å². The molecule has 34 heavy (non-hydrogen) atoms. The molecule has 0 atom stereocenters. The van der Waals surface area contributed by atoms with E-state index in [2.05, 4.69) is 29.2 Å². The number of para-hydroxylation sites is 2. The Labute approximate surface area is 201 Å². The molecule has 0 radical (unpaired) electrons. The molecule has 2 heterocycles. The number of piperidine rings is 1. The number of fused-ring (bicyclic) bond motifs is 1. The Hall–Kier alpha value is -2.99. The predicted molar refractivity (Wildman–Crippen MR) is 130 cm³/mol. The Morgan fingerprint density at radius 1 is 0.882 bits per heavy atom. The van der Waals surface area contributed by atoms with E-state index in [-0.39, 0.29) is 5.02 Å². The molecular formula is C27H25ClF3N3. The van der Waals surface area contributed by atoms with Crippen LogP contribution >= 0.6 is 11.6 Å². The zero-order valence-electron chi connectivity index (χ0n) is 18.6. The van der Waals surface area contributed by atoms with Gasteiger partial charge in [0.15, 0.2) is 0 Å². The van der Waals surface area contributed by atoms with Crippen molar-refractivity contribution in [1.82, 2.24) is 9.55 Å². The van der Waals surface area contributed by atoms with E-state index in [0.29, 0.717) is 18.0 Å². The Kier molecular flexibility index (Phi) is 6.26. The SMILES string of the molecule is FC(F)(F)c1cc(Cn2c(N3CCC(Cc4ccccc4)CC3)nc3ccccc32)ccc1Cl. The lowest BCUT2D eigenvalue weighted by Gasteiger charge is -2.33. The quantitative estimate of drug-likeness (QED) is 0.299.